The largest absolute Gasteiger partial charge is 0.292 e. The Balaban J connectivity index is 2.20. The van der Waals surface area contributed by atoms with E-state index in [4.69, 9.17) is 9.10 Å². The van der Waals surface area contributed by atoms with Crippen molar-refractivity contribution in [2.45, 2.75) is 6.85 Å². The number of imidazole rings is 1. The maximum absolute atomic E-state index is 7.94. The molecular formula is C19H13N3. The van der Waals surface area contributed by atoms with Crippen molar-refractivity contribution >= 4 is 38.5 Å². The lowest BCUT2D eigenvalue weighted by Crippen LogP contribution is -1.94. The highest BCUT2D eigenvalue weighted by Gasteiger charge is 2.14. The van der Waals surface area contributed by atoms with Crippen LogP contribution in [0.5, 0.6) is 0 Å². The molecule has 0 saturated carbocycles. The Morgan fingerprint density at radius 2 is 1.77 bits per heavy atom. The highest BCUT2D eigenvalue weighted by atomic mass is 15.0. The first-order valence-corrected chi connectivity index (χ1v) is 7.13. The summed E-state index contributed by atoms with van der Waals surface area (Å²) in [6.07, 6.45) is 1.57. The van der Waals surface area contributed by atoms with E-state index in [1.54, 1.807) is 12.3 Å². The van der Waals surface area contributed by atoms with Crippen molar-refractivity contribution in [2.75, 3.05) is 0 Å². The molecule has 0 saturated heterocycles. The summed E-state index contributed by atoms with van der Waals surface area (Å²) in [4.78, 5) is 9.24. The molecule has 5 rings (SSSR count). The Kier molecular flexibility index (Phi) is 1.68. The third kappa shape index (κ3) is 1.35. The summed E-state index contributed by atoms with van der Waals surface area (Å²) >= 11 is 0. The van der Waals surface area contributed by atoms with Gasteiger partial charge >= 0.3 is 0 Å². The Hall–Kier alpha value is -2.94. The lowest BCUT2D eigenvalue weighted by Gasteiger charge is -2.09. The fraction of sp³-hybridized carbons (Fsp3) is 0.0526. The van der Waals surface area contributed by atoms with Crippen LogP contribution in [0.15, 0.2) is 60.8 Å². The van der Waals surface area contributed by atoms with Gasteiger partial charge in [-0.05, 0) is 36.7 Å². The van der Waals surface area contributed by atoms with Crippen molar-refractivity contribution < 1.29 is 4.11 Å². The molecule has 0 N–H and O–H groups in total. The summed E-state index contributed by atoms with van der Waals surface area (Å²) < 4.78 is 25.9. The zero-order valence-corrected chi connectivity index (χ0v) is 11.6. The number of pyridine rings is 2. The van der Waals surface area contributed by atoms with Gasteiger partial charge in [-0.25, -0.2) is 4.98 Å². The van der Waals surface area contributed by atoms with Gasteiger partial charge in [-0.2, -0.15) is 0 Å². The van der Waals surface area contributed by atoms with Gasteiger partial charge in [0.1, 0.15) is 5.65 Å². The quantitative estimate of drug-likeness (QED) is 0.392. The normalized spacial score (nSPS) is 14.5. The van der Waals surface area contributed by atoms with Crippen LogP contribution >= 0.6 is 0 Å². The van der Waals surface area contributed by atoms with Crippen LogP contribution in [-0.2, 0) is 0 Å². The summed E-state index contributed by atoms with van der Waals surface area (Å²) in [6.45, 7) is -2.23. The fourth-order valence-corrected chi connectivity index (χ4v) is 3.20. The maximum Gasteiger partial charge on any atom is 0.148 e. The van der Waals surface area contributed by atoms with Crippen molar-refractivity contribution in [3.8, 4) is 0 Å². The number of hydrogen-bond donors (Lipinski definition) is 0. The molecule has 0 aliphatic heterocycles. The molecule has 3 heteroatoms. The first-order chi connectivity index (χ1) is 12.1. The number of para-hydroxylation sites is 3. The standard InChI is InChI=1S/C19H13N3/c1-12-10-11-20-18-13-6-2-4-8-15(13)22-16-9-5-3-7-14(16)21-19(22)17(12)18/h2-11H,1H3/i1D3. The molecule has 0 aliphatic rings. The van der Waals surface area contributed by atoms with E-state index >= 15 is 0 Å². The van der Waals surface area contributed by atoms with Crippen molar-refractivity contribution in [1.29, 1.82) is 0 Å². The van der Waals surface area contributed by atoms with E-state index in [-0.39, 0.29) is 5.56 Å². The van der Waals surface area contributed by atoms with Gasteiger partial charge in [-0.1, -0.05) is 30.3 Å². The van der Waals surface area contributed by atoms with E-state index in [1.807, 2.05) is 52.9 Å². The van der Waals surface area contributed by atoms with Gasteiger partial charge in [0.05, 0.1) is 22.1 Å². The molecule has 0 fully saturated rings. The number of aryl methyl sites for hydroxylation is 1. The summed E-state index contributed by atoms with van der Waals surface area (Å²) in [5.41, 5.74) is 4.34. The van der Waals surface area contributed by atoms with Crippen LogP contribution in [0.3, 0.4) is 0 Å². The smallest absolute Gasteiger partial charge is 0.148 e. The number of rotatable bonds is 0. The molecule has 2 aromatic carbocycles. The van der Waals surface area contributed by atoms with E-state index in [9.17, 15) is 0 Å². The Morgan fingerprint density at radius 3 is 2.68 bits per heavy atom. The molecule has 3 heterocycles. The number of hydrogen-bond acceptors (Lipinski definition) is 2. The van der Waals surface area contributed by atoms with Gasteiger partial charge in [-0.15, -0.1) is 0 Å². The average Bonchev–Trinajstić information content (AvgIpc) is 3.00. The van der Waals surface area contributed by atoms with Crippen LogP contribution in [0, 0.1) is 6.85 Å². The van der Waals surface area contributed by atoms with E-state index in [2.05, 4.69) is 4.98 Å². The molecule has 5 aromatic rings. The molecule has 22 heavy (non-hydrogen) atoms. The Bertz CT molecular complexity index is 1290. The third-order valence-electron chi connectivity index (χ3n) is 4.14. The summed E-state index contributed by atoms with van der Waals surface area (Å²) in [5.74, 6) is 0. The highest BCUT2D eigenvalue weighted by Crippen LogP contribution is 2.32. The Morgan fingerprint density at radius 1 is 0.955 bits per heavy atom. The minimum Gasteiger partial charge on any atom is -0.292 e. The van der Waals surface area contributed by atoms with E-state index in [0.717, 1.165) is 21.9 Å². The SMILES string of the molecule is [2H]C([2H])([2H])c1ccnc2c3ccccc3n3c4ccccc4nc3c12. The minimum atomic E-state index is -2.23. The average molecular weight is 286 g/mol. The molecule has 0 spiro atoms. The molecule has 0 atom stereocenters. The molecule has 0 amide bonds. The highest BCUT2D eigenvalue weighted by molar-refractivity contribution is 6.12. The molecule has 104 valence electrons. The molecule has 3 aromatic heterocycles. The van der Waals surface area contributed by atoms with Crippen LogP contribution in [0.25, 0.3) is 38.5 Å². The fourth-order valence-electron chi connectivity index (χ4n) is 3.20. The van der Waals surface area contributed by atoms with E-state index < -0.39 is 6.85 Å². The van der Waals surface area contributed by atoms with Crippen LogP contribution in [0.4, 0.5) is 0 Å². The van der Waals surface area contributed by atoms with Crippen molar-refractivity contribution in [1.82, 2.24) is 14.4 Å². The molecule has 0 unspecified atom stereocenters. The second-order valence-corrected chi connectivity index (χ2v) is 5.36. The zero-order valence-electron chi connectivity index (χ0n) is 14.6. The molecule has 0 radical (unpaired) electrons. The monoisotopic (exact) mass is 286 g/mol. The summed E-state index contributed by atoms with van der Waals surface area (Å²) in [7, 11) is 0. The van der Waals surface area contributed by atoms with Crippen LogP contribution < -0.4 is 0 Å². The van der Waals surface area contributed by atoms with Crippen molar-refractivity contribution in [3.05, 3.63) is 66.4 Å². The van der Waals surface area contributed by atoms with Crippen LogP contribution in [-0.4, -0.2) is 14.4 Å². The van der Waals surface area contributed by atoms with Crippen LogP contribution in [0.2, 0.25) is 0 Å². The summed E-state index contributed by atoms with van der Waals surface area (Å²) in [6, 6.07) is 17.3. The van der Waals surface area contributed by atoms with E-state index in [0.29, 0.717) is 16.6 Å². The second kappa shape index (κ2) is 4.04. The third-order valence-corrected chi connectivity index (χ3v) is 4.14. The van der Waals surface area contributed by atoms with E-state index in [1.165, 1.54) is 0 Å². The molecular weight excluding hydrogens is 270 g/mol. The second-order valence-electron chi connectivity index (χ2n) is 5.36. The summed E-state index contributed by atoms with van der Waals surface area (Å²) in [5, 5.41) is 1.51. The van der Waals surface area contributed by atoms with Gasteiger partial charge in [0.25, 0.3) is 0 Å². The predicted octanol–water partition coefficient (Wildman–Crippen LogP) is 4.50. The first kappa shape index (κ1) is 9.15. The zero-order chi connectivity index (χ0) is 17.2. The van der Waals surface area contributed by atoms with Gasteiger partial charge in [0.2, 0.25) is 0 Å². The predicted molar refractivity (Wildman–Crippen MR) is 90.2 cm³/mol. The maximum atomic E-state index is 7.94. The minimum absolute atomic E-state index is 0.281. The molecule has 3 nitrogen and oxygen atoms in total. The Labute approximate surface area is 131 Å². The lowest BCUT2D eigenvalue weighted by atomic mass is 10.1. The van der Waals surface area contributed by atoms with Crippen LogP contribution in [0.1, 0.15) is 9.68 Å². The number of aromatic nitrogens is 3. The topological polar surface area (TPSA) is 30.2 Å². The van der Waals surface area contributed by atoms with Gasteiger partial charge < -0.3 is 0 Å². The first-order valence-electron chi connectivity index (χ1n) is 8.63. The number of fused-ring (bicyclic) bond motifs is 8. The van der Waals surface area contributed by atoms with Crippen molar-refractivity contribution in [3.63, 3.8) is 0 Å². The molecule has 0 aliphatic carbocycles. The van der Waals surface area contributed by atoms with Crippen molar-refractivity contribution in [2.24, 2.45) is 0 Å². The number of nitrogens with zero attached hydrogens (tertiary/aromatic N) is 3. The van der Waals surface area contributed by atoms with Gasteiger partial charge in [-0.3, -0.25) is 9.38 Å². The molecule has 0 bridgehead atoms. The number of benzene rings is 2. The van der Waals surface area contributed by atoms with Gasteiger partial charge in [0.15, 0.2) is 0 Å². The van der Waals surface area contributed by atoms with Gasteiger partial charge in [0, 0.05) is 21.1 Å². The lowest BCUT2D eigenvalue weighted by molar-refractivity contribution is 1.29.